The van der Waals surface area contributed by atoms with Crippen molar-refractivity contribution >= 4 is 29.9 Å². The molecule has 0 saturated heterocycles. The fourth-order valence-corrected chi connectivity index (χ4v) is 3.18. The van der Waals surface area contributed by atoms with E-state index in [-0.39, 0.29) is 30.0 Å². The molecule has 2 atom stereocenters. The number of aromatic nitrogens is 3. The van der Waals surface area contributed by atoms with Gasteiger partial charge in [-0.25, -0.2) is 0 Å². The normalized spacial score (nSPS) is 18.0. The van der Waals surface area contributed by atoms with Crippen LogP contribution in [0, 0.1) is 19.8 Å². The molecule has 0 aliphatic carbocycles. The average Bonchev–Trinajstić information content (AvgIpc) is 3.19. The van der Waals surface area contributed by atoms with Crippen molar-refractivity contribution in [3.63, 3.8) is 0 Å². The van der Waals surface area contributed by atoms with Gasteiger partial charge in [-0.15, -0.1) is 34.2 Å². The standard InChI is InChI=1S/C18H28N6O.HI/c1-5-19-18(21-13(3)16-8-6-12(2)25-16)20-10-15-7-9-17-23-22-14(4)24(17)11-15;/h6,8,13,15H,5,7,9-11H2,1-4H3,(H2,19,20,21);1H. The van der Waals surface area contributed by atoms with Gasteiger partial charge in [-0.3, -0.25) is 4.99 Å². The van der Waals surface area contributed by atoms with Crippen LogP contribution in [-0.2, 0) is 13.0 Å². The van der Waals surface area contributed by atoms with Crippen LogP contribution < -0.4 is 10.6 Å². The van der Waals surface area contributed by atoms with Crippen LogP contribution in [-0.4, -0.2) is 33.8 Å². The molecule has 0 saturated carbocycles. The number of nitrogens with zero attached hydrogens (tertiary/aromatic N) is 4. The molecule has 2 N–H and O–H groups in total. The highest BCUT2D eigenvalue weighted by molar-refractivity contribution is 14.0. The number of nitrogens with one attached hydrogen (secondary N) is 2. The summed E-state index contributed by atoms with van der Waals surface area (Å²) >= 11 is 0. The first-order chi connectivity index (χ1) is 12.1. The van der Waals surface area contributed by atoms with Gasteiger partial charge >= 0.3 is 0 Å². The summed E-state index contributed by atoms with van der Waals surface area (Å²) < 4.78 is 7.92. The number of aryl methyl sites for hydroxylation is 3. The average molecular weight is 472 g/mol. The lowest BCUT2D eigenvalue weighted by Gasteiger charge is -2.23. The molecule has 0 aromatic carbocycles. The Balaban J connectivity index is 0.00000243. The zero-order valence-electron chi connectivity index (χ0n) is 16.0. The highest BCUT2D eigenvalue weighted by atomic mass is 127. The lowest BCUT2D eigenvalue weighted by Crippen LogP contribution is -2.39. The van der Waals surface area contributed by atoms with Crippen LogP contribution >= 0.6 is 24.0 Å². The van der Waals surface area contributed by atoms with Crippen LogP contribution in [0.2, 0.25) is 0 Å². The maximum absolute atomic E-state index is 5.70. The fraction of sp³-hybridized carbons (Fsp3) is 0.611. The van der Waals surface area contributed by atoms with Crippen molar-refractivity contribution in [1.29, 1.82) is 0 Å². The number of hydrogen-bond donors (Lipinski definition) is 2. The topological polar surface area (TPSA) is 80.3 Å². The van der Waals surface area contributed by atoms with Crippen molar-refractivity contribution in [2.75, 3.05) is 13.1 Å². The van der Waals surface area contributed by atoms with E-state index in [2.05, 4.69) is 39.2 Å². The molecule has 0 spiro atoms. The lowest BCUT2D eigenvalue weighted by atomic mass is 9.99. The maximum atomic E-state index is 5.70. The summed E-state index contributed by atoms with van der Waals surface area (Å²) in [5.74, 6) is 5.28. The molecular formula is C18H29IN6O. The molecule has 144 valence electrons. The molecule has 3 heterocycles. The summed E-state index contributed by atoms with van der Waals surface area (Å²) in [4.78, 5) is 4.79. The third-order valence-corrected chi connectivity index (χ3v) is 4.62. The summed E-state index contributed by atoms with van der Waals surface area (Å²) in [6.07, 6.45) is 2.08. The van der Waals surface area contributed by atoms with Crippen LogP contribution in [0.15, 0.2) is 21.5 Å². The highest BCUT2D eigenvalue weighted by Gasteiger charge is 2.21. The smallest absolute Gasteiger partial charge is 0.191 e. The van der Waals surface area contributed by atoms with Gasteiger partial charge in [-0.05, 0) is 52.2 Å². The SMILES string of the molecule is CCNC(=NCC1CCc2nnc(C)n2C1)NC(C)c1ccc(C)o1.I. The molecule has 8 heteroatoms. The van der Waals surface area contributed by atoms with E-state index in [9.17, 15) is 0 Å². The summed E-state index contributed by atoms with van der Waals surface area (Å²) in [5, 5.41) is 15.2. The lowest BCUT2D eigenvalue weighted by molar-refractivity contribution is 0.369. The van der Waals surface area contributed by atoms with E-state index in [0.29, 0.717) is 5.92 Å². The Hall–Kier alpha value is -1.58. The number of halogens is 1. The minimum absolute atomic E-state index is 0. The summed E-state index contributed by atoms with van der Waals surface area (Å²) in [6, 6.07) is 4.07. The number of hydrogen-bond acceptors (Lipinski definition) is 4. The second-order valence-electron chi connectivity index (χ2n) is 6.71. The number of rotatable bonds is 5. The molecule has 26 heavy (non-hydrogen) atoms. The monoisotopic (exact) mass is 472 g/mol. The molecule has 2 aromatic heterocycles. The minimum atomic E-state index is 0. The van der Waals surface area contributed by atoms with Gasteiger partial charge in [0.05, 0.1) is 6.04 Å². The van der Waals surface area contributed by atoms with Gasteiger partial charge in [0.2, 0.25) is 0 Å². The summed E-state index contributed by atoms with van der Waals surface area (Å²) in [7, 11) is 0. The van der Waals surface area contributed by atoms with Crippen molar-refractivity contribution in [2.24, 2.45) is 10.9 Å². The van der Waals surface area contributed by atoms with Crippen LogP contribution in [0.5, 0.6) is 0 Å². The van der Waals surface area contributed by atoms with Gasteiger partial charge in [0, 0.05) is 26.1 Å². The molecule has 1 aliphatic rings. The van der Waals surface area contributed by atoms with E-state index >= 15 is 0 Å². The Kier molecular flexibility index (Phi) is 7.48. The Morgan fingerprint density at radius 3 is 2.88 bits per heavy atom. The van der Waals surface area contributed by atoms with Crippen molar-refractivity contribution in [1.82, 2.24) is 25.4 Å². The predicted octanol–water partition coefficient (Wildman–Crippen LogP) is 2.98. The van der Waals surface area contributed by atoms with Gasteiger partial charge in [0.25, 0.3) is 0 Å². The van der Waals surface area contributed by atoms with Crippen LogP contribution in [0.3, 0.4) is 0 Å². The second-order valence-corrected chi connectivity index (χ2v) is 6.71. The number of guanidine groups is 1. The first kappa shape index (κ1) is 20.7. The van der Waals surface area contributed by atoms with Gasteiger partial charge in [0.15, 0.2) is 5.96 Å². The molecule has 0 radical (unpaired) electrons. The number of furan rings is 1. The zero-order chi connectivity index (χ0) is 17.8. The molecular weight excluding hydrogens is 443 g/mol. The first-order valence-corrected chi connectivity index (χ1v) is 9.06. The van der Waals surface area contributed by atoms with E-state index in [4.69, 9.17) is 9.41 Å². The quantitative estimate of drug-likeness (QED) is 0.398. The summed E-state index contributed by atoms with van der Waals surface area (Å²) in [5.41, 5.74) is 0. The molecule has 1 aliphatic heterocycles. The summed E-state index contributed by atoms with van der Waals surface area (Å²) in [6.45, 7) is 10.7. The second kappa shape index (κ2) is 9.38. The zero-order valence-corrected chi connectivity index (χ0v) is 18.3. The van der Waals surface area contributed by atoms with E-state index in [0.717, 1.165) is 61.6 Å². The van der Waals surface area contributed by atoms with E-state index in [1.54, 1.807) is 0 Å². The van der Waals surface area contributed by atoms with Crippen molar-refractivity contribution in [3.05, 3.63) is 35.3 Å². The largest absolute Gasteiger partial charge is 0.464 e. The Bertz CT molecular complexity index is 738. The Labute approximate surface area is 172 Å². The molecule has 0 bridgehead atoms. The van der Waals surface area contributed by atoms with Crippen molar-refractivity contribution < 1.29 is 4.42 Å². The fourth-order valence-electron chi connectivity index (χ4n) is 3.18. The Morgan fingerprint density at radius 1 is 1.38 bits per heavy atom. The predicted molar refractivity (Wildman–Crippen MR) is 113 cm³/mol. The Morgan fingerprint density at radius 2 is 2.19 bits per heavy atom. The number of fused-ring (bicyclic) bond motifs is 1. The van der Waals surface area contributed by atoms with Crippen LogP contribution in [0.25, 0.3) is 0 Å². The molecule has 2 unspecified atom stereocenters. The van der Waals surface area contributed by atoms with Gasteiger partial charge < -0.3 is 19.6 Å². The van der Waals surface area contributed by atoms with E-state index in [1.807, 2.05) is 26.0 Å². The molecule has 0 amide bonds. The van der Waals surface area contributed by atoms with E-state index < -0.39 is 0 Å². The molecule has 0 fully saturated rings. The first-order valence-electron chi connectivity index (χ1n) is 9.06. The van der Waals surface area contributed by atoms with E-state index in [1.165, 1.54) is 0 Å². The highest BCUT2D eigenvalue weighted by Crippen LogP contribution is 2.20. The maximum Gasteiger partial charge on any atom is 0.191 e. The van der Waals surface area contributed by atoms with Crippen LogP contribution in [0.4, 0.5) is 0 Å². The molecule has 2 aromatic rings. The van der Waals surface area contributed by atoms with Crippen LogP contribution in [0.1, 0.15) is 49.5 Å². The minimum Gasteiger partial charge on any atom is -0.464 e. The van der Waals surface area contributed by atoms with Crippen molar-refractivity contribution in [2.45, 2.75) is 53.1 Å². The third-order valence-electron chi connectivity index (χ3n) is 4.62. The van der Waals surface area contributed by atoms with Gasteiger partial charge in [0.1, 0.15) is 23.2 Å². The van der Waals surface area contributed by atoms with Gasteiger partial charge in [-0.1, -0.05) is 0 Å². The van der Waals surface area contributed by atoms with Gasteiger partial charge in [-0.2, -0.15) is 0 Å². The number of aliphatic imine (C=N–C) groups is 1. The molecule has 7 nitrogen and oxygen atoms in total. The third kappa shape index (κ3) is 4.99. The van der Waals surface area contributed by atoms with Crippen molar-refractivity contribution in [3.8, 4) is 0 Å². The molecule has 3 rings (SSSR count).